The molecule has 1 amide bonds. The Morgan fingerprint density at radius 3 is 2.44 bits per heavy atom. The Morgan fingerprint density at radius 1 is 1.28 bits per heavy atom. The van der Waals surface area contributed by atoms with Gasteiger partial charge in [-0.1, -0.05) is 0 Å². The van der Waals surface area contributed by atoms with Gasteiger partial charge in [0.05, 0.1) is 6.61 Å². The van der Waals surface area contributed by atoms with Gasteiger partial charge in [0.2, 0.25) is 0 Å². The molecule has 3 aliphatic rings. The summed E-state index contributed by atoms with van der Waals surface area (Å²) in [5, 5.41) is 0. The second-order valence-corrected chi connectivity index (χ2v) is 5.66. The molecule has 3 fully saturated rings. The van der Waals surface area contributed by atoms with Gasteiger partial charge in [0.1, 0.15) is 13.1 Å². The minimum absolute atomic E-state index is 0.0922. The highest BCUT2D eigenvalue weighted by atomic mass is 16.6. The lowest BCUT2D eigenvalue weighted by Gasteiger charge is -2.33. The van der Waals surface area contributed by atoms with E-state index in [9.17, 15) is 4.79 Å². The van der Waals surface area contributed by atoms with Gasteiger partial charge in [0.25, 0.3) is 0 Å². The van der Waals surface area contributed by atoms with Crippen LogP contribution in [0.4, 0.5) is 4.79 Å². The van der Waals surface area contributed by atoms with Gasteiger partial charge >= 0.3 is 6.09 Å². The number of fused-ring (bicyclic) bond motifs is 2. The Bertz CT molecular complexity index is 354. The summed E-state index contributed by atoms with van der Waals surface area (Å²) in [4.78, 5) is 14.0. The van der Waals surface area contributed by atoms with Gasteiger partial charge in [-0.25, -0.2) is 9.37 Å². The van der Waals surface area contributed by atoms with E-state index in [1.54, 1.807) is 5.71 Å². The van der Waals surface area contributed by atoms with Crippen molar-refractivity contribution in [3.8, 4) is 0 Å². The second kappa shape index (κ2) is 4.90. The van der Waals surface area contributed by atoms with Gasteiger partial charge in [-0.05, 0) is 19.8 Å². The van der Waals surface area contributed by atoms with Crippen molar-refractivity contribution in [1.82, 2.24) is 4.90 Å². The maximum absolute atomic E-state index is 12.0. The van der Waals surface area contributed by atoms with E-state index in [1.165, 1.54) is 25.9 Å². The molecule has 2 bridgehead atoms. The van der Waals surface area contributed by atoms with Gasteiger partial charge < -0.3 is 9.64 Å². The smallest absolute Gasteiger partial charge is 0.410 e. The van der Waals surface area contributed by atoms with Crippen molar-refractivity contribution in [3.63, 3.8) is 0 Å². The highest BCUT2D eigenvalue weighted by Crippen LogP contribution is 2.35. The summed E-state index contributed by atoms with van der Waals surface area (Å²) in [7, 11) is 0. The molecule has 0 N–H and O–H groups in total. The first-order valence-electron chi connectivity index (χ1n) is 7.34. The van der Waals surface area contributed by atoms with Crippen molar-refractivity contribution in [2.45, 2.75) is 57.5 Å². The number of nitrogens with zero attached hydrogens (tertiary/aromatic N) is 2. The van der Waals surface area contributed by atoms with Crippen LogP contribution in [-0.2, 0) is 4.74 Å². The zero-order chi connectivity index (χ0) is 12.5. The molecule has 2 unspecified atom stereocenters. The molecule has 3 heterocycles. The van der Waals surface area contributed by atoms with E-state index in [0.717, 1.165) is 25.7 Å². The first-order valence-corrected chi connectivity index (χ1v) is 7.34. The van der Waals surface area contributed by atoms with Gasteiger partial charge in [-0.15, -0.1) is 0 Å². The first-order chi connectivity index (χ1) is 8.79. The molecule has 3 saturated heterocycles. The van der Waals surface area contributed by atoms with Crippen molar-refractivity contribution < 1.29 is 14.1 Å². The number of carbonyl (C=O) groups excluding carboxylic acids is 1. The molecule has 0 aromatic rings. The van der Waals surface area contributed by atoms with Crippen LogP contribution < -0.4 is 0 Å². The van der Waals surface area contributed by atoms with Crippen molar-refractivity contribution in [1.29, 1.82) is 0 Å². The Morgan fingerprint density at radius 2 is 1.89 bits per heavy atom. The molecule has 0 spiro atoms. The largest absolute Gasteiger partial charge is 0.450 e. The van der Waals surface area contributed by atoms with Crippen LogP contribution in [0.25, 0.3) is 0 Å². The fraction of sp³-hybridized carbons (Fsp3) is 0.857. The van der Waals surface area contributed by atoms with Gasteiger partial charge in [0, 0.05) is 37.8 Å². The molecule has 3 aliphatic heterocycles. The summed E-state index contributed by atoms with van der Waals surface area (Å²) < 4.78 is 7.75. The summed E-state index contributed by atoms with van der Waals surface area (Å²) in [6.07, 6.45) is 7.04. The number of carbonyl (C=O) groups is 1. The topological polar surface area (TPSA) is 32.5 Å². The van der Waals surface area contributed by atoms with Crippen LogP contribution in [0.5, 0.6) is 0 Å². The molecule has 0 aromatic heterocycles. The predicted molar refractivity (Wildman–Crippen MR) is 69.1 cm³/mol. The highest BCUT2D eigenvalue weighted by molar-refractivity contribution is 5.84. The van der Waals surface area contributed by atoms with Crippen LogP contribution in [0.1, 0.15) is 45.4 Å². The molecule has 3 rings (SSSR count). The fourth-order valence-electron chi connectivity index (χ4n) is 3.78. The van der Waals surface area contributed by atoms with Crippen LogP contribution in [-0.4, -0.2) is 53.1 Å². The van der Waals surface area contributed by atoms with Crippen molar-refractivity contribution in [3.05, 3.63) is 0 Å². The lowest BCUT2D eigenvalue weighted by atomic mass is 10.0. The molecule has 0 aliphatic carbocycles. The Balaban J connectivity index is 1.74. The number of piperidine rings is 1. The molecular formula is C14H23N2O2+. The van der Waals surface area contributed by atoms with Crippen molar-refractivity contribution in [2.75, 3.05) is 19.7 Å². The average molecular weight is 251 g/mol. The third kappa shape index (κ3) is 2.02. The summed E-state index contributed by atoms with van der Waals surface area (Å²) in [6, 6.07) is 0.803. The maximum Gasteiger partial charge on any atom is 0.410 e. The molecule has 100 valence electrons. The van der Waals surface area contributed by atoms with Gasteiger partial charge in [-0.2, -0.15) is 0 Å². The lowest BCUT2D eigenvalue weighted by Crippen LogP contribution is -2.48. The quantitative estimate of drug-likeness (QED) is 0.668. The highest BCUT2D eigenvalue weighted by Gasteiger charge is 2.45. The molecule has 2 atom stereocenters. The zero-order valence-electron chi connectivity index (χ0n) is 11.2. The van der Waals surface area contributed by atoms with E-state index >= 15 is 0 Å². The second-order valence-electron chi connectivity index (χ2n) is 5.66. The molecule has 18 heavy (non-hydrogen) atoms. The number of rotatable bonds is 1. The number of ether oxygens (including phenoxy) is 1. The lowest BCUT2D eigenvalue weighted by molar-refractivity contribution is -0.509. The molecule has 0 aromatic carbocycles. The van der Waals surface area contributed by atoms with Crippen LogP contribution >= 0.6 is 0 Å². The Labute approximate surface area is 109 Å². The SMILES string of the molecule is CCOC(=O)N1C2CCC1CC(=[N+]1CCCC1)C2. The van der Waals surface area contributed by atoms with Crippen molar-refractivity contribution >= 4 is 11.8 Å². The van der Waals surface area contributed by atoms with Gasteiger partial charge in [0.15, 0.2) is 5.71 Å². The minimum Gasteiger partial charge on any atom is -0.450 e. The number of amides is 1. The first kappa shape index (κ1) is 12.0. The van der Waals surface area contributed by atoms with Crippen LogP contribution in [0.2, 0.25) is 0 Å². The van der Waals surface area contributed by atoms with Crippen LogP contribution in [0.3, 0.4) is 0 Å². The summed E-state index contributed by atoms with van der Waals surface area (Å²) in [5.74, 6) is 0. The molecular weight excluding hydrogens is 228 g/mol. The molecule has 0 radical (unpaired) electrons. The number of hydrogen-bond donors (Lipinski definition) is 0. The van der Waals surface area contributed by atoms with E-state index < -0.39 is 0 Å². The van der Waals surface area contributed by atoms with E-state index in [2.05, 4.69) is 4.58 Å². The zero-order valence-corrected chi connectivity index (χ0v) is 11.2. The summed E-state index contributed by atoms with van der Waals surface area (Å²) in [6.45, 7) is 4.82. The van der Waals surface area contributed by atoms with E-state index in [1.807, 2.05) is 11.8 Å². The fourth-order valence-corrected chi connectivity index (χ4v) is 3.78. The van der Waals surface area contributed by atoms with Crippen LogP contribution in [0, 0.1) is 0 Å². The minimum atomic E-state index is -0.0922. The molecule has 4 nitrogen and oxygen atoms in total. The predicted octanol–water partition coefficient (Wildman–Crippen LogP) is 2.02. The monoisotopic (exact) mass is 251 g/mol. The number of hydrogen-bond acceptors (Lipinski definition) is 2. The maximum atomic E-state index is 12.0. The third-order valence-electron chi connectivity index (χ3n) is 4.59. The normalized spacial score (nSPS) is 31.1. The Kier molecular flexibility index (Phi) is 3.27. The summed E-state index contributed by atoms with van der Waals surface area (Å²) in [5.41, 5.74) is 1.60. The summed E-state index contributed by atoms with van der Waals surface area (Å²) >= 11 is 0. The van der Waals surface area contributed by atoms with E-state index in [-0.39, 0.29) is 6.09 Å². The standard InChI is InChI=1S/C14H23N2O2/c1-2-18-14(17)16-11-5-6-12(16)10-13(9-11)15-7-3-4-8-15/h11-12H,2-10H2,1H3/q+1. The van der Waals surface area contributed by atoms with Crippen LogP contribution in [0.15, 0.2) is 0 Å². The van der Waals surface area contributed by atoms with Gasteiger partial charge in [-0.3, -0.25) is 0 Å². The third-order valence-corrected chi connectivity index (χ3v) is 4.59. The average Bonchev–Trinajstić information content (AvgIpc) is 2.97. The van der Waals surface area contributed by atoms with Crippen molar-refractivity contribution in [2.24, 2.45) is 0 Å². The van der Waals surface area contributed by atoms with E-state index in [4.69, 9.17) is 4.74 Å². The molecule has 4 heteroatoms. The Hall–Kier alpha value is -1.06. The van der Waals surface area contributed by atoms with E-state index in [0.29, 0.717) is 18.7 Å². The molecule has 0 saturated carbocycles.